The number of aliphatic hydroxyl groups excluding tert-OH is 1. The van der Waals surface area contributed by atoms with Crippen molar-refractivity contribution < 1.29 is 5.11 Å². The van der Waals surface area contributed by atoms with Crippen molar-refractivity contribution in [1.29, 1.82) is 0 Å². The molecular formula is C12H13NO. The molecule has 2 unspecified atom stereocenters. The lowest BCUT2D eigenvalue weighted by atomic mass is 9.89. The average Bonchev–Trinajstić information content (AvgIpc) is 2.66. The van der Waals surface area contributed by atoms with Crippen molar-refractivity contribution in [3.63, 3.8) is 0 Å². The number of hydrogen-bond acceptors (Lipinski definition) is 2. The molecule has 2 aliphatic rings. The second-order valence-corrected chi connectivity index (χ2v) is 4.11. The number of aliphatic hydroxyl groups is 1. The highest BCUT2D eigenvalue weighted by atomic mass is 16.3. The van der Waals surface area contributed by atoms with Crippen LogP contribution in [0.1, 0.15) is 30.9 Å². The second kappa shape index (κ2) is 2.92. The van der Waals surface area contributed by atoms with Crippen LogP contribution in [0.4, 0.5) is 5.69 Å². The summed E-state index contributed by atoms with van der Waals surface area (Å²) < 4.78 is 0. The van der Waals surface area contributed by atoms with E-state index >= 15 is 0 Å². The Labute approximate surface area is 83.3 Å². The third-order valence-corrected chi connectivity index (χ3v) is 3.28. The highest BCUT2D eigenvalue weighted by molar-refractivity contribution is 5.93. The third kappa shape index (κ3) is 1.04. The van der Waals surface area contributed by atoms with Crippen molar-refractivity contribution in [2.24, 2.45) is 10.9 Å². The van der Waals surface area contributed by atoms with Crippen molar-refractivity contribution in [1.82, 2.24) is 0 Å². The Morgan fingerprint density at radius 2 is 2.14 bits per heavy atom. The normalized spacial score (nSPS) is 29.4. The molecule has 1 aromatic carbocycles. The fourth-order valence-electron chi connectivity index (χ4n) is 2.54. The van der Waals surface area contributed by atoms with Gasteiger partial charge in [-0.05, 0) is 25.3 Å². The zero-order valence-electron chi connectivity index (χ0n) is 7.98. The third-order valence-electron chi connectivity index (χ3n) is 3.28. The van der Waals surface area contributed by atoms with Gasteiger partial charge in [-0.1, -0.05) is 18.2 Å². The number of fused-ring (bicyclic) bond motifs is 2. The zero-order chi connectivity index (χ0) is 9.54. The van der Waals surface area contributed by atoms with Crippen LogP contribution in [-0.2, 0) is 0 Å². The van der Waals surface area contributed by atoms with Gasteiger partial charge in [0.15, 0.2) is 0 Å². The van der Waals surface area contributed by atoms with Crippen LogP contribution in [0.2, 0.25) is 0 Å². The van der Waals surface area contributed by atoms with E-state index in [0.717, 1.165) is 24.1 Å². The Bertz CT molecular complexity index is 397. The van der Waals surface area contributed by atoms with Gasteiger partial charge < -0.3 is 5.11 Å². The van der Waals surface area contributed by atoms with Gasteiger partial charge in [0.1, 0.15) is 0 Å². The second-order valence-electron chi connectivity index (χ2n) is 4.11. The Balaban J connectivity index is 2.15. The molecule has 72 valence electrons. The fourth-order valence-corrected chi connectivity index (χ4v) is 2.54. The Kier molecular flexibility index (Phi) is 1.71. The topological polar surface area (TPSA) is 32.6 Å². The molecule has 1 aromatic rings. The van der Waals surface area contributed by atoms with Crippen LogP contribution in [0.25, 0.3) is 0 Å². The van der Waals surface area contributed by atoms with Gasteiger partial charge in [-0.15, -0.1) is 0 Å². The van der Waals surface area contributed by atoms with Crippen LogP contribution in [0.15, 0.2) is 29.3 Å². The smallest absolute Gasteiger partial charge is 0.0891 e. The maximum atomic E-state index is 10.2. The molecule has 1 aliphatic carbocycles. The Hall–Kier alpha value is -1.15. The summed E-state index contributed by atoms with van der Waals surface area (Å²) in [4.78, 5) is 4.61. The van der Waals surface area contributed by atoms with E-state index < -0.39 is 0 Å². The number of rotatable bonds is 0. The SMILES string of the molecule is OC1c2ccccc2N=C2CCCC21. The molecule has 1 aliphatic heterocycles. The summed E-state index contributed by atoms with van der Waals surface area (Å²) in [5.74, 6) is 0.296. The monoisotopic (exact) mass is 187 g/mol. The molecule has 1 heterocycles. The van der Waals surface area contributed by atoms with Gasteiger partial charge in [-0.2, -0.15) is 0 Å². The minimum Gasteiger partial charge on any atom is -0.388 e. The molecular weight excluding hydrogens is 174 g/mol. The summed E-state index contributed by atoms with van der Waals surface area (Å²) in [5, 5.41) is 10.2. The zero-order valence-corrected chi connectivity index (χ0v) is 7.98. The summed E-state index contributed by atoms with van der Waals surface area (Å²) in [6.45, 7) is 0. The van der Waals surface area contributed by atoms with Gasteiger partial charge in [-0.25, -0.2) is 0 Å². The van der Waals surface area contributed by atoms with Crippen molar-refractivity contribution >= 4 is 11.4 Å². The van der Waals surface area contributed by atoms with Crippen LogP contribution >= 0.6 is 0 Å². The first-order valence-corrected chi connectivity index (χ1v) is 5.21. The van der Waals surface area contributed by atoms with Crippen molar-refractivity contribution in [2.45, 2.75) is 25.4 Å². The van der Waals surface area contributed by atoms with E-state index in [1.165, 1.54) is 12.1 Å². The van der Waals surface area contributed by atoms with Crippen LogP contribution in [-0.4, -0.2) is 10.8 Å². The molecule has 14 heavy (non-hydrogen) atoms. The lowest BCUT2D eigenvalue weighted by molar-refractivity contribution is 0.139. The molecule has 1 fully saturated rings. The van der Waals surface area contributed by atoms with E-state index in [9.17, 15) is 5.11 Å². The van der Waals surface area contributed by atoms with E-state index in [1.807, 2.05) is 24.3 Å². The number of benzene rings is 1. The molecule has 1 saturated carbocycles. The largest absolute Gasteiger partial charge is 0.388 e. The summed E-state index contributed by atoms with van der Waals surface area (Å²) >= 11 is 0. The molecule has 1 N–H and O–H groups in total. The lowest BCUT2D eigenvalue weighted by Gasteiger charge is -2.25. The standard InChI is InChI=1S/C12H13NO/c14-12-8-4-1-2-6-10(8)13-11-7-3-5-9(11)12/h1-2,4,6,9,12,14H,3,5,7H2. The van der Waals surface area contributed by atoms with E-state index in [1.54, 1.807) is 0 Å². The van der Waals surface area contributed by atoms with E-state index in [0.29, 0.717) is 5.92 Å². The molecule has 2 nitrogen and oxygen atoms in total. The van der Waals surface area contributed by atoms with Gasteiger partial charge in [0.25, 0.3) is 0 Å². The first-order valence-electron chi connectivity index (χ1n) is 5.21. The minimum absolute atomic E-state index is 0.296. The van der Waals surface area contributed by atoms with Gasteiger partial charge in [-0.3, -0.25) is 4.99 Å². The number of aliphatic imine (C=N–C) groups is 1. The molecule has 0 amide bonds. The molecule has 0 bridgehead atoms. The van der Waals surface area contributed by atoms with Gasteiger partial charge in [0.2, 0.25) is 0 Å². The van der Waals surface area contributed by atoms with Crippen molar-refractivity contribution in [2.75, 3.05) is 0 Å². The molecule has 0 saturated heterocycles. The maximum absolute atomic E-state index is 10.2. The van der Waals surface area contributed by atoms with Crippen LogP contribution in [0, 0.1) is 5.92 Å². The molecule has 3 rings (SSSR count). The predicted octanol–water partition coefficient (Wildman–Crippen LogP) is 2.61. The molecule has 2 atom stereocenters. The number of nitrogens with zero attached hydrogens (tertiary/aromatic N) is 1. The van der Waals surface area contributed by atoms with Gasteiger partial charge >= 0.3 is 0 Å². The van der Waals surface area contributed by atoms with Crippen molar-refractivity contribution in [3.05, 3.63) is 29.8 Å². The van der Waals surface area contributed by atoms with E-state index in [2.05, 4.69) is 4.99 Å². The van der Waals surface area contributed by atoms with Crippen LogP contribution in [0.3, 0.4) is 0 Å². The highest BCUT2D eigenvalue weighted by Gasteiger charge is 2.34. The van der Waals surface area contributed by atoms with Crippen LogP contribution in [0.5, 0.6) is 0 Å². The molecule has 0 aromatic heterocycles. The highest BCUT2D eigenvalue weighted by Crippen LogP contribution is 2.42. The maximum Gasteiger partial charge on any atom is 0.0891 e. The quantitative estimate of drug-likeness (QED) is 0.665. The fraction of sp³-hybridized carbons (Fsp3) is 0.417. The Morgan fingerprint density at radius 3 is 3.07 bits per heavy atom. The number of para-hydroxylation sites is 1. The van der Waals surface area contributed by atoms with E-state index in [-0.39, 0.29) is 6.10 Å². The Morgan fingerprint density at radius 1 is 1.29 bits per heavy atom. The minimum atomic E-state index is -0.318. The lowest BCUT2D eigenvalue weighted by Crippen LogP contribution is -2.20. The molecule has 0 spiro atoms. The summed E-state index contributed by atoms with van der Waals surface area (Å²) in [6.07, 6.45) is 3.01. The van der Waals surface area contributed by atoms with Crippen molar-refractivity contribution in [3.8, 4) is 0 Å². The number of hydrogen-bond donors (Lipinski definition) is 1. The van der Waals surface area contributed by atoms with Crippen LogP contribution < -0.4 is 0 Å². The first-order chi connectivity index (χ1) is 6.86. The first kappa shape index (κ1) is 8.18. The molecule has 2 heteroatoms. The summed E-state index contributed by atoms with van der Waals surface area (Å²) in [7, 11) is 0. The van der Waals surface area contributed by atoms with E-state index in [4.69, 9.17) is 0 Å². The molecule has 0 radical (unpaired) electrons. The predicted molar refractivity (Wildman–Crippen MR) is 55.8 cm³/mol. The van der Waals surface area contributed by atoms with Gasteiger partial charge in [0, 0.05) is 17.2 Å². The summed E-state index contributed by atoms with van der Waals surface area (Å²) in [5.41, 5.74) is 3.17. The average molecular weight is 187 g/mol. The summed E-state index contributed by atoms with van der Waals surface area (Å²) in [6, 6.07) is 7.92. The van der Waals surface area contributed by atoms with Gasteiger partial charge in [0.05, 0.1) is 11.8 Å².